The van der Waals surface area contributed by atoms with Crippen LogP contribution >= 0.6 is 0 Å². The number of amides is 1. The van der Waals surface area contributed by atoms with Crippen molar-refractivity contribution in [2.75, 3.05) is 53.4 Å². The summed E-state index contributed by atoms with van der Waals surface area (Å²) in [5, 5.41) is 0. The van der Waals surface area contributed by atoms with Crippen LogP contribution < -0.4 is 0 Å². The number of piperazine rings is 1. The Bertz CT molecular complexity index is 482. The summed E-state index contributed by atoms with van der Waals surface area (Å²) in [7, 11) is 4.17. The molecule has 0 atom stereocenters. The number of hydrogen-bond acceptors (Lipinski definition) is 3. The lowest BCUT2D eigenvalue weighted by atomic mass is 10.1. The lowest BCUT2D eigenvalue weighted by Gasteiger charge is -2.35. The molecule has 5 heteroatoms. The Morgan fingerprint density at radius 3 is 2.39 bits per heavy atom. The van der Waals surface area contributed by atoms with E-state index in [0.717, 1.165) is 57.7 Å². The van der Waals surface area contributed by atoms with Gasteiger partial charge in [-0.1, -0.05) is 12.1 Å². The number of nitrogens with zero attached hydrogens (tertiary/aromatic N) is 3. The van der Waals surface area contributed by atoms with Crippen LogP contribution in [0.3, 0.4) is 0 Å². The standard InChI is InChI=1S/C18H28FN3O/c1-20(2)10-11-21-12-14-22(15-13-21)18(23)5-3-4-16-6-8-17(19)9-7-16/h6-9H,3-5,10-15H2,1-2H3. The molecule has 1 saturated heterocycles. The molecule has 1 aliphatic heterocycles. The minimum Gasteiger partial charge on any atom is -0.340 e. The van der Waals surface area contributed by atoms with Crippen LogP contribution in [-0.2, 0) is 11.2 Å². The first-order valence-electron chi connectivity index (χ1n) is 8.44. The molecule has 1 fully saturated rings. The van der Waals surface area contributed by atoms with Crippen LogP contribution in [0.5, 0.6) is 0 Å². The van der Waals surface area contributed by atoms with Crippen LogP contribution in [0.4, 0.5) is 4.39 Å². The molecule has 1 heterocycles. The molecule has 0 saturated carbocycles. The Morgan fingerprint density at radius 2 is 1.78 bits per heavy atom. The van der Waals surface area contributed by atoms with E-state index in [0.29, 0.717) is 6.42 Å². The molecule has 1 aliphatic rings. The molecule has 0 radical (unpaired) electrons. The van der Waals surface area contributed by atoms with Crippen molar-refractivity contribution in [1.82, 2.24) is 14.7 Å². The average Bonchev–Trinajstić information content (AvgIpc) is 2.55. The van der Waals surface area contributed by atoms with Gasteiger partial charge in [-0.3, -0.25) is 9.69 Å². The number of carbonyl (C=O) groups is 1. The van der Waals surface area contributed by atoms with Gasteiger partial charge < -0.3 is 9.80 Å². The summed E-state index contributed by atoms with van der Waals surface area (Å²) < 4.78 is 12.8. The number of likely N-dealkylation sites (N-methyl/N-ethyl adjacent to an activating group) is 1. The maximum absolute atomic E-state index is 12.8. The van der Waals surface area contributed by atoms with Gasteiger partial charge in [-0.25, -0.2) is 4.39 Å². The van der Waals surface area contributed by atoms with E-state index in [2.05, 4.69) is 23.9 Å². The van der Waals surface area contributed by atoms with Gasteiger partial charge in [-0.2, -0.15) is 0 Å². The molecule has 4 nitrogen and oxygen atoms in total. The van der Waals surface area contributed by atoms with Gasteiger partial charge in [0, 0.05) is 45.7 Å². The van der Waals surface area contributed by atoms with Gasteiger partial charge in [0.25, 0.3) is 0 Å². The van der Waals surface area contributed by atoms with Crippen molar-refractivity contribution in [3.8, 4) is 0 Å². The van der Waals surface area contributed by atoms with Crippen molar-refractivity contribution in [1.29, 1.82) is 0 Å². The molecule has 23 heavy (non-hydrogen) atoms. The van der Waals surface area contributed by atoms with Crippen LogP contribution in [-0.4, -0.2) is 74.0 Å². The van der Waals surface area contributed by atoms with Crippen LogP contribution in [0.1, 0.15) is 18.4 Å². The average molecular weight is 321 g/mol. The molecule has 2 rings (SSSR count). The highest BCUT2D eigenvalue weighted by atomic mass is 19.1. The number of carbonyl (C=O) groups excluding carboxylic acids is 1. The van der Waals surface area contributed by atoms with Crippen LogP contribution in [0.15, 0.2) is 24.3 Å². The summed E-state index contributed by atoms with van der Waals surface area (Å²) in [5.74, 6) is 0.0383. The van der Waals surface area contributed by atoms with Gasteiger partial charge in [-0.15, -0.1) is 0 Å². The zero-order valence-corrected chi connectivity index (χ0v) is 14.3. The summed E-state index contributed by atoms with van der Waals surface area (Å²) in [4.78, 5) is 18.8. The van der Waals surface area contributed by atoms with Crippen LogP contribution in [0, 0.1) is 5.82 Å². The molecule has 1 amide bonds. The largest absolute Gasteiger partial charge is 0.340 e. The van der Waals surface area contributed by atoms with Crippen molar-refractivity contribution in [2.45, 2.75) is 19.3 Å². The molecule has 0 bridgehead atoms. The third-order valence-corrected chi connectivity index (χ3v) is 4.36. The zero-order chi connectivity index (χ0) is 16.7. The van der Waals surface area contributed by atoms with E-state index in [1.54, 1.807) is 12.1 Å². The van der Waals surface area contributed by atoms with Crippen molar-refractivity contribution in [2.24, 2.45) is 0 Å². The lowest BCUT2D eigenvalue weighted by Crippen LogP contribution is -2.49. The molecule has 0 spiro atoms. The number of rotatable bonds is 7. The first kappa shape index (κ1) is 17.9. The highest BCUT2D eigenvalue weighted by Gasteiger charge is 2.20. The van der Waals surface area contributed by atoms with Gasteiger partial charge >= 0.3 is 0 Å². The maximum atomic E-state index is 12.8. The predicted octanol–water partition coefficient (Wildman–Crippen LogP) is 1.85. The van der Waals surface area contributed by atoms with Crippen LogP contribution in [0.25, 0.3) is 0 Å². The second-order valence-corrected chi connectivity index (χ2v) is 6.51. The fraction of sp³-hybridized carbons (Fsp3) is 0.611. The summed E-state index contributed by atoms with van der Waals surface area (Å²) in [6.45, 7) is 5.74. The van der Waals surface area contributed by atoms with E-state index in [4.69, 9.17) is 0 Å². The fourth-order valence-corrected chi connectivity index (χ4v) is 2.82. The molecule has 128 valence electrons. The molecule has 0 aromatic heterocycles. The highest BCUT2D eigenvalue weighted by molar-refractivity contribution is 5.76. The van der Waals surface area contributed by atoms with Gasteiger partial charge in [-0.05, 0) is 44.6 Å². The summed E-state index contributed by atoms with van der Waals surface area (Å²) >= 11 is 0. The minimum atomic E-state index is -0.211. The number of hydrogen-bond donors (Lipinski definition) is 0. The van der Waals surface area contributed by atoms with Gasteiger partial charge in [0.05, 0.1) is 0 Å². The monoisotopic (exact) mass is 321 g/mol. The molecule has 0 N–H and O–H groups in total. The smallest absolute Gasteiger partial charge is 0.222 e. The quantitative estimate of drug-likeness (QED) is 0.767. The summed E-state index contributed by atoms with van der Waals surface area (Å²) in [6.07, 6.45) is 2.23. The summed E-state index contributed by atoms with van der Waals surface area (Å²) in [5.41, 5.74) is 1.09. The Hall–Kier alpha value is -1.46. The molecule has 0 aliphatic carbocycles. The normalized spacial score (nSPS) is 16.1. The van der Waals surface area contributed by atoms with Crippen molar-refractivity contribution >= 4 is 5.91 Å². The Balaban J connectivity index is 1.64. The number of aryl methyl sites for hydroxylation is 1. The van der Waals surface area contributed by atoms with Crippen LogP contribution in [0.2, 0.25) is 0 Å². The van der Waals surface area contributed by atoms with E-state index >= 15 is 0 Å². The molecule has 0 unspecified atom stereocenters. The van der Waals surface area contributed by atoms with Gasteiger partial charge in [0.2, 0.25) is 5.91 Å². The van der Waals surface area contributed by atoms with E-state index in [1.165, 1.54) is 12.1 Å². The third kappa shape index (κ3) is 6.28. The minimum absolute atomic E-state index is 0.211. The number of halogens is 1. The zero-order valence-electron chi connectivity index (χ0n) is 14.3. The molecular weight excluding hydrogens is 293 g/mol. The fourth-order valence-electron chi connectivity index (χ4n) is 2.82. The highest BCUT2D eigenvalue weighted by Crippen LogP contribution is 2.10. The second kappa shape index (κ2) is 8.99. The number of benzene rings is 1. The van der Waals surface area contributed by atoms with E-state index in [1.807, 2.05) is 4.90 Å². The van der Waals surface area contributed by atoms with Gasteiger partial charge in [0.1, 0.15) is 5.82 Å². The Morgan fingerprint density at radius 1 is 1.13 bits per heavy atom. The van der Waals surface area contributed by atoms with E-state index in [9.17, 15) is 9.18 Å². The first-order chi connectivity index (χ1) is 11.0. The summed E-state index contributed by atoms with van der Waals surface area (Å²) in [6, 6.07) is 6.54. The van der Waals surface area contributed by atoms with E-state index < -0.39 is 0 Å². The van der Waals surface area contributed by atoms with Crippen molar-refractivity contribution < 1.29 is 9.18 Å². The lowest BCUT2D eigenvalue weighted by molar-refractivity contribution is -0.133. The van der Waals surface area contributed by atoms with Crippen molar-refractivity contribution in [3.63, 3.8) is 0 Å². The topological polar surface area (TPSA) is 26.8 Å². The van der Waals surface area contributed by atoms with E-state index in [-0.39, 0.29) is 11.7 Å². The van der Waals surface area contributed by atoms with Gasteiger partial charge in [0.15, 0.2) is 0 Å². The second-order valence-electron chi connectivity index (χ2n) is 6.51. The Kier molecular flexibility index (Phi) is 6.99. The molecule has 1 aromatic carbocycles. The maximum Gasteiger partial charge on any atom is 0.222 e. The SMILES string of the molecule is CN(C)CCN1CCN(C(=O)CCCc2ccc(F)cc2)CC1. The third-order valence-electron chi connectivity index (χ3n) is 4.36. The molecule has 1 aromatic rings. The molecular formula is C18H28FN3O. The first-order valence-corrected chi connectivity index (χ1v) is 8.44. The van der Waals surface area contributed by atoms with Crippen molar-refractivity contribution in [3.05, 3.63) is 35.6 Å². The Labute approximate surface area is 138 Å². The predicted molar refractivity (Wildman–Crippen MR) is 90.9 cm³/mol.